The van der Waals surface area contributed by atoms with Crippen LogP contribution in [0.25, 0.3) is 0 Å². The van der Waals surface area contributed by atoms with Crippen molar-refractivity contribution in [1.29, 1.82) is 5.26 Å². The molecule has 0 saturated carbocycles. The first-order chi connectivity index (χ1) is 9.34. The molecule has 0 bridgehead atoms. The average molecular weight is 298 g/mol. The fourth-order valence-electron chi connectivity index (χ4n) is 1.52. The van der Waals surface area contributed by atoms with Crippen molar-refractivity contribution >= 4 is 21.4 Å². The van der Waals surface area contributed by atoms with E-state index >= 15 is 0 Å². The molecule has 0 radical (unpaired) electrons. The van der Waals surface area contributed by atoms with E-state index < -0.39 is 14.9 Å². The van der Waals surface area contributed by atoms with Crippen molar-refractivity contribution in [3.8, 4) is 6.07 Å². The number of benzene rings is 1. The molecule has 0 aliphatic rings. The van der Waals surface area contributed by atoms with E-state index in [1.807, 2.05) is 6.07 Å². The van der Waals surface area contributed by atoms with Gasteiger partial charge in [-0.1, -0.05) is 0 Å². The summed E-state index contributed by atoms with van der Waals surface area (Å²) >= 11 is 0. The number of nitrogens with one attached hydrogen (secondary N) is 1. The van der Waals surface area contributed by atoms with Crippen molar-refractivity contribution in [3.05, 3.63) is 28.3 Å². The molecule has 1 aromatic rings. The minimum atomic E-state index is -4.01. The Labute approximate surface area is 116 Å². The maximum atomic E-state index is 11.3. The molecule has 8 nitrogen and oxygen atoms in total. The summed E-state index contributed by atoms with van der Waals surface area (Å²) in [5.74, 6) is 0. The molecule has 20 heavy (non-hydrogen) atoms. The van der Waals surface area contributed by atoms with Gasteiger partial charge in [0, 0.05) is 30.8 Å². The second-order valence-corrected chi connectivity index (χ2v) is 5.62. The van der Waals surface area contributed by atoms with E-state index in [1.165, 1.54) is 12.1 Å². The Morgan fingerprint density at radius 2 is 2.05 bits per heavy atom. The molecule has 0 unspecified atom stereocenters. The van der Waals surface area contributed by atoms with Gasteiger partial charge < -0.3 is 5.32 Å². The minimum absolute atomic E-state index is 0.306. The number of nitro groups is 1. The van der Waals surface area contributed by atoms with E-state index in [2.05, 4.69) is 5.32 Å². The van der Waals surface area contributed by atoms with Crippen LogP contribution in [0.4, 0.5) is 11.4 Å². The van der Waals surface area contributed by atoms with Crippen LogP contribution in [0, 0.1) is 21.4 Å². The molecule has 0 heterocycles. The van der Waals surface area contributed by atoms with Gasteiger partial charge in [0.2, 0.25) is 10.0 Å². The highest BCUT2D eigenvalue weighted by Crippen LogP contribution is 2.23. The fraction of sp³-hybridized carbons (Fsp3) is 0.364. The number of hydrogen-bond donors (Lipinski definition) is 2. The van der Waals surface area contributed by atoms with Gasteiger partial charge in [0.25, 0.3) is 5.69 Å². The van der Waals surface area contributed by atoms with E-state index in [1.54, 1.807) is 0 Å². The van der Waals surface area contributed by atoms with Gasteiger partial charge in [-0.25, -0.2) is 13.6 Å². The van der Waals surface area contributed by atoms with Crippen LogP contribution >= 0.6 is 0 Å². The van der Waals surface area contributed by atoms with Crippen LogP contribution in [0.5, 0.6) is 0 Å². The maximum Gasteiger partial charge on any atom is 0.272 e. The summed E-state index contributed by atoms with van der Waals surface area (Å²) in [6.45, 7) is 0.479. The molecule has 0 atom stereocenters. The number of unbranched alkanes of at least 4 members (excludes halogenated alkanes) is 2. The van der Waals surface area contributed by atoms with E-state index in [9.17, 15) is 18.5 Å². The zero-order chi connectivity index (χ0) is 15.2. The van der Waals surface area contributed by atoms with E-state index in [0.717, 1.165) is 6.07 Å². The Kier molecular flexibility index (Phi) is 5.42. The summed E-state index contributed by atoms with van der Waals surface area (Å²) in [5, 5.41) is 27.0. The SMILES string of the molecule is N#CCCCCNc1cc([N+](=O)[O-])cc(S(N)(=O)=O)c1. The first kappa shape index (κ1) is 15.9. The highest BCUT2D eigenvalue weighted by atomic mass is 32.2. The first-order valence-corrected chi connectivity index (χ1v) is 7.32. The largest absolute Gasteiger partial charge is 0.385 e. The van der Waals surface area contributed by atoms with Crippen LogP contribution in [0.1, 0.15) is 19.3 Å². The predicted molar refractivity (Wildman–Crippen MR) is 72.4 cm³/mol. The van der Waals surface area contributed by atoms with Gasteiger partial charge in [-0.05, 0) is 18.9 Å². The van der Waals surface area contributed by atoms with Crippen molar-refractivity contribution in [1.82, 2.24) is 0 Å². The number of primary sulfonamides is 1. The number of non-ortho nitro benzene ring substituents is 1. The highest BCUT2D eigenvalue weighted by molar-refractivity contribution is 7.89. The van der Waals surface area contributed by atoms with Gasteiger partial charge in [-0.2, -0.15) is 5.26 Å². The number of nitriles is 1. The second kappa shape index (κ2) is 6.83. The number of nitrogens with zero attached hydrogens (tertiary/aromatic N) is 2. The third kappa shape index (κ3) is 4.83. The molecule has 0 saturated heterocycles. The smallest absolute Gasteiger partial charge is 0.272 e. The van der Waals surface area contributed by atoms with E-state index in [4.69, 9.17) is 10.4 Å². The summed E-state index contributed by atoms with van der Waals surface area (Å²) in [6.07, 6.45) is 1.82. The lowest BCUT2D eigenvalue weighted by molar-refractivity contribution is -0.385. The van der Waals surface area contributed by atoms with Crippen LogP contribution in [-0.2, 0) is 10.0 Å². The molecular weight excluding hydrogens is 284 g/mol. The fourth-order valence-corrected chi connectivity index (χ4v) is 2.09. The van der Waals surface area contributed by atoms with Crippen LogP contribution in [0.2, 0.25) is 0 Å². The molecule has 1 rings (SSSR count). The minimum Gasteiger partial charge on any atom is -0.385 e. The number of nitro benzene ring substituents is 1. The van der Waals surface area contributed by atoms with Crippen molar-refractivity contribution in [3.63, 3.8) is 0 Å². The molecule has 108 valence electrons. The number of hydrogen-bond acceptors (Lipinski definition) is 6. The molecular formula is C11H14N4O4S. The molecule has 0 fully saturated rings. The lowest BCUT2D eigenvalue weighted by Gasteiger charge is -2.07. The standard InChI is InChI=1S/C11H14N4O4S/c12-4-2-1-3-5-14-9-6-10(15(16)17)8-11(7-9)20(13,18)19/h6-8,14H,1-3,5H2,(H2,13,18,19). The lowest BCUT2D eigenvalue weighted by atomic mass is 10.2. The summed E-state index contributed by atoms with van der Waals surface area (Å²) in [5.41, 5.74) is -0.0452. The number of rotatable bonds is 7. The summed E-state index contributed by atoms with van der Waals surface area (Å²) in [7, 11) is -4.01. The quantitative estimate of drug-likeness (QED) is 0.442. The van der Waals surface area contributed by atoms with Gasteiger partial charge in [0.1, 0.15) is 0 Å². The van der Waals surface area contributed by atoms with Crippen LogP contribution in [-0.4, -0.2) is 19.9 Å². The van der Waals surface area contributed by atoms with Gasteiger partial charge in [-0.3, -0.25) is 10.1 Å². The van der Waals surface area contributed by atoms with Gasteiger partial charge in [-0.15, -0.1) is 0 Å². The molecule has 0 amide bonds. The van der Waals surface area contributed by atoms with Gasteiger partial charge >= 0.3 is 0 Å². The van der Waals surface area contributed by atoms with Gasteiger partial charge in [0.05, 0.1) is 15.9 Å². The van der Waals surface area contributed by atoms with Gasteiger partial charge in [0.15, 0.2) is 0 Å². The normalized spacial score (nSPS) is 10.8. The number of nitrogens with two attached hydrogens (primary N) is 1. The Morgan fingerprint density at radius 1 is 1.35 bits per heavy atom. The monoisotopic (exact) mass is 298 g/mol. The molecule has 0 aromatic heterocycles. The molecule has 0 spiro atoms. The Bertz CT molecular complexity index is 636. The number of sulfonamides is 1. The van der Waals surface area contributed by atoms with Crippen molar-refractivity contribution in [2.24, 2.45) is 5.14 Å². The lowest BCUT2D eigenvalue weighted by Crippen LogP contribution is -2.13. The first-order valence-electron chi connectivity index (χ1n) is 5.77. The highest BCUT2D eigenvalue weighted by Gasteiger charge is 2.16. The Balaban J connectivity index is 2.88. The van der Waals surface area contributed by atoms with Crippen LogP contribution < -0.4 is 10.5 Å². The molecule has 1 aromatic carbocycles. The average Bonchev–Trinajstić information content (AvgIpc) is 2.37. The van der Waals surface area contributed by atoms with E-state index in [0.29, 0.717) is 31.5 Å². The molecule has 9 heteroatoms. The topological polar surface area (TPSA) is 139 Å². The van der Waals surface area contributed by atoms with Crippen LogP contribution in [0.3, 0.4) is 0 Å². The zero-order valence-electron chi connectivity index (χ0n) is 10.6. The Hall–Kier alpha value is -2.18. The maximum absolute atomic E-state index is 11.3. The zero-order valence-corrected chi connectivity index (χ0v) is 11.4. The van der Waals surface area contributed by atoms with Crippen molar-refractivity contribution < 1.29 is 13.3 Å². The van der Waals surface area contributed by atoms with Crippen molar-refractivity contribution in [2.75, 3.05) is 11.9 Å². The predicted octanol–water partition coefficient (Wildman–Crippen LogP) is 1.35. The molecule has 0 aliphatic heterocycles. The summed E-state index contributed by atoms with van der Waals surface area (Å²) in [6, 6.07) is 5.40. The third-order valence-corrected chi connectivity index (χ3v) is 3.37. The number of anilines is 1. The summed E-state index contributed by atoms with van der Waals surface area (Å²) in [4.78, 5) is 9.75. The van der Waals surface area contributed by atoms with E-state index in [-0.39, 0.29) is 10.6 Å². The Morgan fingerprint density at radius 3 is 2.60 bits per heavy atom. The second-order valence-electron chi connectivity index (χ2n) is 4.06. The van der Waals surface area contributed by atoms with Crippen molar-refractivity contribution in [2.45, 2.75) is 24.2 Å². The molecule has 3 N–H and O–H groups in total. The third-order valence-electron chi connectivity index (χ3n) is 2.48. The molecule has 0 aliphatic carbocycles. The summed E-state index contributed by atoms with van der Waals surface area (Å²) < 4.78 is 22.5. The van der Waals surface area contributed by atoms with Crippen LogP contribution in [0.15, 0.2) is 23.1 Å².